The van der Waals surface area contributed by atoms with Crippen LogP contribution in [-0.2, 0) is 52.1 Å². The van der Waals surface area contributed by atoms with Crippen LogP contribution in [0.15, 0.2) is 188 Å². The molecular formula is C60H55NO4. The Morgan fingerprint density at radius 3 is 0.846 bits per heavy atom. The van der Waals surface area contributed by atoms with Gasteiger partial charge in [-0.2, -0.15) is 0 Å². The number of para-hydroxylation sites is 3. The molecule has 65 heavy (non-hydrogen) atoms. The summed E-state index contributed by atoms with van der Waals surface area (Å²) >= 11 is 0. The van der Waals surface area contributed by atoms with Crippen molar-refractivity contribution in [3.05, 3.63) is 255 Å². The van der Waals surface area contributed by atoms with Crippen molar-refractivity contribution in [3.8, 4) is 23.0 Å². The zero-order valence-corrected chi connectivity index (χ0v) is 37.0. The van der Waals surface area contributed by atoms with Crippen molar-refractivity contribution < 1.29 is 18.9 Å². The third-order valence-corrected chi connectivity index (χ3v) is 12.7. The Morgan fingerprint density at radius 1 is 0.292 bits per heavy atom. The first kappa shape index (κ1) is 41.8. The second-order valence-corrected chi connectivity index (χ2v) is 17.3. The predicted octanol–water partition coefficient (Wildman–Crippen LogP) is 13.3. The third kappa shape index (κ3) is 10.1. The maximum absolute atomic E-state index is 7.10. The van der Waals surface area contributed by atoms with Crippen LogP contribution in [0.25, 0.3) is 0 Å². The van der Waals surface area contributed by atoms with Crippen molar-refractivity contribution in [1.82, 2.24) is 0 Å². The molecule has 0 unspecified atom stereocenters. The molecule has 1 fully saturated rings. The topological polar surface area (TPSA) is 40.2 Å². The van der Waals surface area contributed by atoms with Crippen LogP contribution in [0, 0.1) is 0 Å². The van der Waals surface area contributed by atoms with E-state index in [0.29, 0.717) is 52.1 Å². The third-order valence-electron chi connectivity index (χ3n) is 12.7. The van der Waals surface area contributed by atoms with Gasteiger partial charge in [0.2, 0.25) is 0 Å². The quantitative estimate of drug-likeness (QED) is 0.116. The van der Waals surface area contributed by atoms with Crippen LogP contribution in [0.4, 0.5) is 5.69 Å². The number of fused-ring (bicyclic) bond motifs is 8. The first-order valence-corrected chi connectivity index (χ1v) is 23.1. The minimum Gasteiger partial charge on any atom is -0.488 e. The summed E-state index contributed by atoms with van der Waals surface area (Å²) in [6.07, 6.45) is 4.89. The van der Waals surface area contributed by atoms with Crippen molar-refractivity contribution in [2.24, 2.45) is 0 Å². The predicted molar refractivity (Wildman–Crippen MR) is 262 cm³/mol. The summed E-state index contributed by atoms with van der Waals surface area (Å²) < 4.78 is 28.1. The summed E-state index contributed by atoms with van der Waals surface area (Å²) in [5.41, 5.74) is 14.7. The van der Waals surface area contributed by atoms with E-state index in [1.54, 1.807) is 0 Å². The smallest absolute Gasteiger partial charge is 0.127 e. The Kier molecular flexibility index (Phi) is 12.9. The van der Waals surface area contributed by atoms with E-state index in [0.717, 1.165) is 103 Å². The molecule has 0 atom stereocenters. The van der Waals surface area contributed by atoms with E-state index in [1.807, 2.05) is 6.07 Å². The van der Waals surface area contributed by atoms with E-state index in [1.165, 1.54) is 18.5 Å². The van der Waals surface area contributed by atoms with Gasteiger partial charge >= 0.3 is 0 Å². The van der Waals surface area contributed by atoms with E-state index in [4.69, 9.17) is 18.9 Å². The summed E-state index contributed by atoms with van der Waals surface area (Å²) in [4.78, 5) is 2.54. The second kappa shape index (κ2) is 20.1. The molecule has 0 saturated carbocycles. The fraction of sp³-hybridized carbons (Fsp3) is 0.200. The molecule has 0 N–H and O–H groups in total. The Bertz CT molecular complexity index is 2680. The van der Waals surface area contributed by atoms with Gasteiger partial charge in [0, 0.05) is 55.6 Å². The SMILES string of the molecule is c1ccc(COc2c3cccc2Cc2cccc(c2OCc2ccccc2)Cc2cc(N4CCCC4)cc(c2OCc2ccccc2)Cc2cccc(c2OCc2ccccc2)C3)cc1. The molecule has 1 aliphatic heterocycles. The molecule has 5 heteroatoms. The van der Waals surface area contributed by atoms with Gasteiger partial charge in [0.1, 0.15) is 49.4 Å². The number of hydrogen-bond donors (Lipinski definition) is 0. The second-order valence-electron chi connectivity index (χ2n) is 17.3. The summed E-state index contributed by atoms with van der Waals surface area (Å²) in [5.74, 6) is 3.64. The highest BCUT2D eigenvalue weighted by Crippen LogP contribution is 2.41. The lowest BCUT2D eigenvalue weighted by Gasteiger charge is -2.25. The number of benzene rings is 8. The Balaban J connectivity index is 1.16. The summed E-state index contributed by atoms with van der Waals surface area (Å²) in [7, 11) is 0. The molecule has 10 rings (SSSR count). The average molecular weight is 854 g/mol. The fourth-order valence-electron chi connectivity index (χ4n) is 9.39. The van der Waals surface area contributed by atoms with Crippen LogP contribution < -0.4 is 23.8 Å². The number of hydrogen-bond acceptors (Lipinski definition) is 5. The van der Waals surface area contributed by atoms with Gasteiger partial charge in [0.05, 0.1) is 0 Å². The minimum absolute atomic E-state index is 0.457. The molecule has 1 heterocycles. The minimum atomic E-state index is 0.457. The zero-order chi connectivity index (χ0) is 43.6. The number of rotatable bonds is 13. The molecule has 8 aromatic rings. The lowest BCUT2D eigenvalue weighted by atomic mass is 9.91. The van der Waals surface area contributed by atoms with Crippen molar-refractivity contribution in [1.29, 1.82) is 0 Å². The molecular weight excluding hydrogens is 799 g/mol. The van der Waals surface area contributed by atoms with Crippen LogP contribution in [0.1, 0.15) is 79.6 Å². The van der Waals surface area contributed by atoms with E-state index in [9.17, 15) is 0 Å². The van der Waals surface area contributed by atoms with Crippen LogP contribution in [0.3, 0.4) is 0 Å². The average Bonchev–Trinajstić information content (AvgIpc) is 3.90. The largest absolute Gasteiger partial charge is 0.488 e. The van der Waals surface area contributed by atoms with Crippen molar-refractivity contribution in [2.45, 2.75) is 65.0 Å². The van der Waals surface area contributed by atoms with Crippen LogP contribution in [0.5, 0.6) is 23.0 Å². The molecule has 8 bridgehead atoms. The Hall–Kier alpha value is -7.24. The maximum Gasteiger partial charge on any atom is 0.127 e. The molecule has 0 spiro atoms. The lowest BCUT2D eigenvalue weighted by Crippen LogP contribution is -2.18. The highest BCUT2D eigenvalue weighted by Gasteiger charge is 2.24. The molecule has 2 aliphatic rings. The van der Waals surface area contributed by atoms with Gasteiger partial charge in [-0.15, -0.1) is 0 Å². The van der Waals surface area contributed by atoms with Gasteiger partial charge < -0.3 is 23.8 Å². The van der Waals surface area contributed by atoms with Crippen molar-refractivity contribution in [3.63, 3.8) is 0 Å². The van der Waals surface area contributed by atoms with E-state index in [-0.39, 0.29) is 0 Å². The maximum atomic E-state index is 7.10. The van der Waals surface area contributed by atoms with E-state index >= 15 is 0 Å². The highest BCUT2D eigenvalue weighted by atomic mass is 16.5. The molecule has 0 amide bonds. The molecule has 0 aromatic heterocycles. The monoisotopic (exact) mass is 853 g/mol. The van der Waals surface area contributed by atoms with Gasteiger partial charge in [-0.25, -0.2) is 0 Å². The van der Waals surface area contributed by atoms with Gasteiger partial charge in [-0.1, -0.05) is 176 Å². The Morgan fingerprint density at radius 2 is 0.554 bits per heavy atom. The summed E-state index contributed by atoms with van der Waals surface area (Å²) in [5, 5.41) is 0. The molecule has 0 radical (unpaired) electrons. The summed E-state index contributed by atoms with van der Waals surface area (Å²) in [6, 6.07) is 66.5. The molecule has 324 valence electrons. The van der Waals surface area contributed by atoms with Gasteiger partial charge in [-0.05, 0) is 80.6 Å². The van der Waals surface area contributed by atoms with Gasteiger partial charge in [0.15, 0.2) is 0 Å². The standard InChI is InChI=1S/C60H55NO4/c1-5-18-44(19-6-1)40-62-57-48-26-15-27-49(57)35-51-29-17-31-53(59(51)64-42-46-22-9-3-10-23-46)37-55-39-56(61-32-13-14-33-61)38-54(60(55)65-43-47-24-11-4-12-25-47)36-52-30-16-28-50(34-48)58(52)63-41-45-20-7-2-8-21-45/h1-12,15-31,38-39H,13-14,32-37,40-43H2. The number of anilines is 1. The first-order valence-electron chi connectivity index (χ1n) is 23.1. The van der Waals surface area contributed by atoms with Crippen molar-refractivity contribution in [2.75, 3.05) is 18.0 Å². The van der Waals surface area contributed by atoms with Gasteiger partial charge in [-0.3, -0.25) is 0 Å². The van der Waals surface area contributed by atoms with Crippen LogP contribution in [0.2, 0.25) is 0 Å². The highest BCUT2D eigenvalue weighted by molar-refractivity contribution is 5.62. The normalized spacial score (nSPS) is 13.3. The van der Waals surface area contributed by atoms with Gasteiger partial charge in [0.25, 0.3) is 0 Å². The number of nitrogens with zero attached hydrogens (tertiary/aromatic N) is 1. The zero-order valence-electron chi connectivity index (χ0n) is 37.0. The van der Waals surface area contributed by atoms with Crippen LogP contribution >= 0.6 is 0 Å². The molecule has 1 saturated heterocycles. The lowest BCUT2D eigenvalue weighted by molar-refractivity contribution is 0.293. The first-order chi connectivity index (χ1) is 32.2. The molecule has 8 aromatic carbocycles. The fourth-order valence-corrected chi connectivity index (χ4v) is 9.39. The summed E-state index contributed by atoms with van der Waals surface area (Å²) in [6.45, 7) is 3.91. The Labute approximate surface area is 383 Å². The van der Waals surface area contributed by atoms with Crippen molar-refractivity contribution >= 4 is 5.69 Å². The number of ether oxygens (including phenoxy) is 4. The van der Waals surface area contributed by atoms with E-state index < -0.39 is 0 Å². The molecule has 5 nitrogen and oxygen atoms in total. The van der Waals surface area contributed by atoms with E-state index in [2.05, 4.69) is 187 Å². The molecule has 1 aliphatic carbocycles. The van der Waals surface area contributed by atoms with Crippen LogP contribution in [-0.4, -0.2) is 13.1 Å².